The summed E-state index contributed by atoms with van der Waals surface area (Å²) in [5, 5.41) is 7.76. The van der Waals surface area contributed by atoms with Crippen molar-refractivity contribution in [2.75, 3.05) is 5.32 Å². The van der Waals surface area contributed by atoms with Crippen molar-refractivity contribution in [3.63, 3.8) is 0 Å². The van der Waals surface area contributed by atoms with Gasteiger partial charge in [0.2, 0.25) is 10.0 Å². The Morgan fingerprint density at radius 1 is 1.44 bits per heavy atom. The highest BCUT2D eigenvalue weighted by Gasteiger charge is 2.11. The van der Waals surface area contributed by atoms with Gasteiger partial charge in [-0.2, -0.15) is 0 Å². The van der Waals surface area contributed by atoms with Crippen LogP contribution < -0.4 is 10.5 Å². The molecule has 3 N–H and O–H groups in total. The van der Waals surface area contributed by atoms with E-state index in [9.17, 15) is 12.8 Å². The maximum Gasteiger partial charge on any atom is 0.238 e. The van der Waals surface area contributed by atoms with Crippen LogP contribution in [0.3, 0.4) is 0 Å². The summed E-state index contributed by atoms with van der Waals surface area (Å²) >= 11 is 1.44. The molecule has 8 heteroatoms. The van der Waals surface area contributed by atoms with Gasteiger partial charge >= 0.3 is 0 Å². The van der Waals surface area contributed by atoms with E-state index in [0.717, 1.165) is 10.9 Å². The van der Waals surface area contributed by atoms with E-state index in [-0.39, 0.29) is 10.6 Å². The number of nitrogens with one attached hydrogen (secondary N) is 1. The average Bonchev–Trinajstić information content (AvgIpc) is 2.79. The summed E-state index contributed by atoms with van der Waals surface area (Å²) in [6.45, 7) is 0.427. The first-order valence-electron chi connectivity index (χ1n) is 4.90. The second kappa shape index (κ2) is 5.01. The Hall–Kier alpha value is -1.51. The third kappa shape index (κ3) is 3.03. The summed E-state index contributed by atoms with van der Waals surface area (Å²) < 4.78 is 35.7. The summed E-state index contributed by atoms with van der Waals surface area (Å²) in [5.74, 6) is -0.661. The Morgan fingerprint density at radius 2 is 2.22 bits per heavy atom. The van der Waals surface area contributed by atoms with Crippen LogP contribution in [0.4, 0.5) is 10.1 Å². The number of benzene rings is 1. The number of hydrogen-bond acceptors (Lipinski definition) is 5. The van der Waals surface area contributed by atoms with Gasteiger partial charge in [-0.25, -0.2) is 17.9 Å². The minimum Gasteiger partial charge on any atom is -0.378 e. The fourth-order valence-corrected chi connectivity index (χ4v) is 2.39. The van der Waals surface area contributed by atoms with Crippen molar-refractivity contribution in [2.45, 2.75) is 11.4 Å². The van der Waals surface area contributed by atoms with Gasteiger partial charge in [0, 0.05) is 11.1 Å². The molecule has 0 unspecified atom stereocenters. The highest BCUT2D eigenvalue weighted by Crippen LogP contribution is 2.19. The topological polar surface area (TPSA) is 85.1 Å². The minimum atomic E-state index is -3.88. The zero-order valence-corrected chi connectivity index (χ0v) is 10.8. The maximum atomic E-state index is 13.6. The summed E-state index contributed by atoms with van der Waals surface area (Å²) in [4.78, 5) is 4.59. The molecule has 0 atom stereocenters. The molecule has 5 nitrogen and oxygen atoms in total. The van der Waals surface area contributed by atoms with Crippen molar-refractivity contribution in [3.8, 4) is 0 Å². The van der Waals surface area contributed by atoms with Crippen LogP contribution in [0.5, 0.6) is 0 Å². The third-order valence-corrected chi connectivity index (χ3v) is 3.90. The van der Waals surface area contributed by atoms with Crippen LogP contribution in [0, 0.1) is 5.82 Å². The number of anilines is 1. The predicted octanol–water partition coefficient (Wildman–Crippen LogP) is 1.54. The number of aromatic nitrogens is 1. The molecular weight excluding hydrogens is 277 g/mol. The summed E-state index contributed by atoms with van der Waals surface area (Å²) in [6.07, 6.45) is 1.67. The smallest absolute Gasteiger partial charge is 0.238 e. The van der Waals surface area contributed by atoms with E-state index in [2.05, 4.69) is 10.3 Å². The number of nitrogens with two attached hydrogens (primary N) is 1. The van der Waals surface area contributed by atoms with Gasteiger partial charge in [0.1, 0.15) is 5.82 Å². The number of hydrogen-bond donors (Lipinski definition) is 2. The van der Waals surface area contributed by atoms with Gasteiger partial charge in [0.15, 0.2) is 0 Å². The molecule has 0 aliphatic rings. The fraction of sp³-hybridized carbons (Fsp3) is 0.100. The normalized spacial score (nSPS) is 11.4. The van der Waals surface area contributed by atoms with E-state index in [1.807, 2.05) is 0 Å². The predicted molar refractivity (Wildman–Crippen MR) is 67.2 cm³/mol. The molecule has 0 saturated heterocycles. The second-order valence-corrected chi connectivity index (χ2v) is 6.04. The van der Waals surface area contributed by atoms with E-state index < -0.39 is 15.8 Å². The Balaban J connectivity index is 2.15. The zero-order chi connectivity index (χ0) is 13.2. The van der Waals surface area contributed by atoms with Crippen LogP contribution in [0.15, 0.2) is 34.8 Å². The van der Waals surface area contributed by atoms with Crippen LogP contribution >= 0.6 is 11.3 Å². The van der Waals surface area contributed by atoms with Crippen molar-refractivity contribution in [3.05, 3.63) is 40.6 Å². The Labute approximate surface area is 108 Å². The summed E-state index contributed by atoms with van der Waals surface area (Å²) in [7, 11) is -3.88. The number of nitrogens with zero attached hydrogens (tertiary/aromatic N) is 1. The van der Waals surface area contributed by atoms with Crippen molar-refractivity contribution in [1.29, 1.82) is 0 Å². The molecule has 0 spiro atoms. The third-order valence-electron chi connectivity index (χ3n) is 2.21. The summed E-state index contributed by atoms with van der Waals surface area (Å²) in [5.41, 5.74) is 1.90. The fourth-order valence-electron chi connectivity index (χ4n) is 1.33. The highest BCUT2D eigenvalue weighted by atomic mass is 32.2. The molecular formula is C10H10FN3O2S2. The van der Waals surface area contributed by atoms with E-state index in [0.29, 0.717) is 6.54 Å². The monoisotopic (exact) mass is 287 g/mol. The number of sulfonamides is 1. The van der Waals surface area contributed by atoms with Crippen LogP contribution in [0.1, 0.15) is 4.88 Å². The van der Waals surface area contributed by atoms with Crippen molar-refractivity contribution in [2.24, 2.45) is 5.14 Å². The first kappa shape index (κ1) is 12.9. The minimum absolute atomic E-state index is 0.218. The van der Waals surface area contributed by atoms with Crippen LogP contribution in [-0.2, 0) is 16.6 Å². The molecule has 2 aromatic rings. The Morgan fingerprint density at radius 3 is 2.78 bits per heavy atom. The lowest BCUT2D eigenvalue weighted by atomic mass is 10.3. The van der Waals surface area contributed by atoms with Gasteiger partial charge < -0.3 is 5.32 Å². The maximum absolute atomic E-state index is 13.6. The van der Waals surface area contributed by atoms with Gasteiger partial charge in [-0.15, -0.1) is 11.3 Å². The second-order valence-electron chi connectivity index (χ2n) is 3.51. The zero-order valence-electron chi connectivity index (χ0n) is 9.13. The molecule has 0 aliphatic carbocycles. The van der Waals surface area contributed by atoms with E-state index in [1.54, 1.807) is 11.7 Å². The van der Waals surface area contributed by atoms with Gasteiger partial charge in [-0.1, -0.05) is 0 Å². The van der Waals surface area contributed by atoms with Gasteiger partial charge in [-0.05, 0) is 18.2 Å². The van der Waals surface area contributed by atoms with Gasteiger partial charge in [-0.3, -0.25) is 4.98 Å². The summed E-state index contributed by atoms with van der Waals surface area (Å²) in [6, 6.07) is 3.49. The van der Waals surface area contributed by atoms with E-state index in [1.165, 1.54) is 23.5 Å². The number of halogens is 1. The molecule has 18 heavy (non-hydrogen) atoms. The molecule has 0 aliphatic heterocycles. The molecule has 1 aromatic heterocycles. The Bertz CT molecular complexity index is 641. The van der Waals surface area contributed by atoms with Crippen LogP contribution in [0.2, 0.25) is 0 Å². The highest BCUT2D eigenvalue weighted by molar-refractivity contribution is 7.89. The lowest BCUT2D eigenvalue weighted by Gasteiger charge is -2.07. The molecule has 1 aromatic carbocycles. The van der Waals surface area contributed by atoms with Crippen LogP contribution in [0.25, 0.3) is 0 Å². The molecule has 0 amide bonds. The molecule has 0 radical (unpaired) electrons. The largest absolute Gasteiger partial charge is 0.378 e. The first-order chi connectivity index (χ1) is 8.47. The quantitative estimate of drug-likeness (QED) is 0.893. The van der Waals surface area contributed by atoms with Crippen molar-refractivity contribution in [1.82, 2.24) is 4.98 Å². The number of rotatable bonds is 4. The lowest BCUT2D eigenvalue weighted by Crippen LogP contribution is -2.12. The number of primary sulfonamides is 1. The number of thiazole rings is 1. The standard InChI is InChI=1S/C10H10FN3O2S2/c11-9-3-8(18(12,15)16)1-2-10(9)14-5-7-4-13-6-17-7/h1-4,6,14H,5H2,(H2,12,15,16). The van der Waals surface area contributed by atoms with E-state index in [4.69, 9.17) is 5.14 Å². The van der Waals surface area contributed by atoms with Gasteiger partial charge in [0.05, 0.1) is 22.6 Å². The Kier molecular flexibility index (Phi) is 3.60. The van der Waals surface area contributed by atoms with E-state index >= 15 is 0 Å². The lowest BCUT2D eigenvalue weighted by molar-refractivity contribution is 0.593. The first-order valence-corrected chi connectivity index (χ1v) is 7.33. The molecule has 0 bridgehead atoms. The van der Waals surface area contributed by atoms with Crippen LogP contribution in [-0.4, -0.2) is 13.4 Å². The SMILES string of the molecule is NS(=O)(=O)c1ccc(NCc2cncs2)c(F)c1. The molecule has 1 heterocycles. The molecule has 2 rings (SSSR count). The molecule has 0 fully saturated rings. The molecule has 0 saturated carbocycles. The van der Waals surface area contributed by atoms with Crippen molar-refractivity contribution < 1.29 is 12.8 Å². The van der Waals surface area contributed by atoms with Crippen molar-refractivity contribution >= 4 is 27.0 Å². The molecule has 96 valence electrons. The average molecular weight is 287 g/mol. The van der Waals surface area contributed by atoms with Gasteiger partial charge in [0.25, 0.3) is 0 Å².